The molecule has 2 amide bonds. The highest BCUT2D eigenvalue weighted by Gasteiger charge is 2.34. The van der Waals surface area contributed by atoms with Gasteiger partial charge in [-0.15, -0.1) is 0 Å². The zero-order valence-electron chi connectivity index (χ0n) is 17.7. The van der Waals surface area contributed by atoms with Crippen molar-refractivity contribution in [2.45, 2.75) is 34.1 Å². The molecule has 0 unspecified atom stereocenters. The second kappa shape index (κ2) is 7.67. The number of aryl methyl sites for hydroxylation is 3. The molecule has 1 aliphatic heterocycles. The van der Waals surface area contributed by atoms with Crippen molar-refractivity contribution in [3.05, 3.63) is 88.2 Å². The number of nitrogens with zero attached hydrogens (tertiary/aromatic N) is 2. The number of aromatic nitrogens is 1. The summed E-state index contributed by atoms with van der Waals surface area (Å²) in [6.07, 6.45) is 2.63. The molecular formula is C25H25N3O2. The number of para-hydroxylation sites is 2. The zero-order chi connectivity index (χ0) is 21.4. The lowest BCUT2D eigenvalue weighted by molar-refractivity contribution is -0.117. The third kappa shape index (κ3) is 3.22. The number of amides is 2. The highest BCUT2D eigenvalue weighted by molar-refractivity contribution is 6.31. The number of hydrogen-bond donors (Lipinski definition) is 1. The molecule has 0 spiro atoms. The molecule has 0 bridgehead atoms. The van der Waals surface area contributed by atoms with Gasteiger partial charge >= 0.3 is 0 Å². The maximum absolute atomic E-state index is 12.9. The molecule has 0 radical (unpaired) electrons. The first-order valence-electron chi connectivity index (χ1n) is 10.1. The lowest BCUT2D eigenvalue weighted by Crippen LogP contribution is -2.35. The summed E-state index contributed by atoms with van der Waals surface area (Å²) >= 11 is 0. The van der Waals surface area contributed by atoms with E-state index in [0.717, 1.165) is 23.4 Å². The maximum atomic E-state index is 12.9. The van der Waals surface area contributed by atoms with Gasteiger partial charge in [-0.1, -0.05) is 43.3 Å². The van der Waals surface area contributed by atoms with Gasteiger partial charge in [0.25, 0.3) is 11.8 Å². The van der Waals surface area contributed by atoms with Crippen molar-refractivity contribution in [2.75, 3.05) is 5.01 Å². The van der Waals surface area contributed by atoms with E-state index in [1.54, 1.807) is 18.2 Å². The van der Waals surface area contributed by atoms with Gasteiger partial charge in [0.15, 0.2) is 0 Å². The minimum absolute atomic E-state index is 0.139. The van der Waals surface area contributed by atoms with Crippen LogP contribution in [0.4, 0.5) is 5.69 Å². The zero-order valence-corrected chi connectivity index (χ0v) is 17.7. The van der Waals surface area contributed by atoms with Gasteiger partial charge in [-0.25, -0.2) is 5.01 Å². The van der Waals surface area contributed by atoms with E-state index in [4.69, 9.17) is 0 Å². The molecule has 4 rings (SSSR count). The van der Waals surface area contributed by atoms with Gasteiger partial charge in [0, 0.05) is 11.4 Å². The Balaban J connectivity index is 1.77. The van der Waals surface area contributed by atoms with Crippen molar-refractivity contribution >= 4 is 23.6 Å². The molecule has 30 heavy (non-hydrogen) atoms. The fourth-order valence-corrected chi connectivity index (χ4v) is 4.07. The Hall–Kier alpha value is -3.60. The van der Waals surface area contributed by atoms with Crippen molar-refractivity contribution in [3.63, 3.8) is 0 Å². The molecule has 1 N–H and O–H groups in total. The van der Waals surface area contributed by atoms with Crippen molar-refractivity contribution < 1.29 is 9.59 Å². The van der Waals surface area contributed by atoms with Crippen LogP contribution in [0.25, 0.3) is 11.8 Å². The minimum Gasteiger partial charge on any atom is -0.317 e. The summed E-state index contributed by atoms with van der Waals surface area (Å²) in [5.41, 5.74) is 10.0. The average Bonchev–Trinajstić information content (AvgIpc) is 3.18. The van der Waals surface area contributed by atoms with Gasteiger partial charge in [0.2, 0.25) is 0 Å². The quantitative estimate of drug-likeness (QED) is 0.521. The van der Waals surface area contributed by atoms with E-state index in [0.29, 0.717) is 5.69 Å². The fourth-order valence-electron chi connectivity index (χ4n) is 4.07. The van der Waals surface area contributed by atoms with Crippen LogP contribution in [0, 0.1) is 20.8 Å². The van der Waals surface area contributed by atoms with Crippen LogP contribution in [0.1, 0.15) is 35.0 Å². The Morgan fingerprint density at radius 1 is 0.967 bits per heavy atom. The number of carbonyl (C=O) groups excluding carboxylic acids is 2. The van der Waals surface area contributed by atoms with E-state index >= 15 is 0 Å². The molecule has 5 heteroatoms. The SMILES string of the molecule is CCc1cccc(C)c1-n1c(C)cc(/C=C2/C(=O)NN(c3ccccc3)C2=O)c1C. The minimum atomic E-state index is -0.390. The highest BCUT2D eigenvalue weighted by Crippen LogP contribution is 2.29. The van der Waals surface area contributed by atoms with Crippen LogP contribution >= 0.6 is 0 Å². The highest BCUT2D eigenvalue weighted by atomic mass is 16.2. The standard InChI is InChI=1S/C25H25N3O2/c1-5-19-11-9-10-16(2)23(19)27-17(3)14-20(18(27)4)15-22-24(29)26-28(25(22)30)21-12-7-6-8-13-21/h6-15H,5H2,1-4H3,(H,26,29)/b22-15-. The lowest BCUT2D eigenvalue weighted by Gasteiger charge is -2.17. The molecule has 0 atom stereocenters. The van der Waals surface area contributed by atoms with Gasteiger partial charge in [0.1, 0.15) is 5.57 Å². The second-order valence-electron chi connectivity index (χ2n) is 7.57. The largest absolute Gasteiger partial charge is 0.317 e. The summed E-state index contributed by atoms with van der Waals surface area (Å²) in [7, 11) is 0. The molecule has 1 aliphatic rings. The summed E-state index contributed by atoms with van der Waals surface area (Å²) < 4.78 is 2.22. The van der Waals surface area contributed by atoms with E-state index in [1.807, 2.05) is 38.1 Å². The van der Waals surface area contributed by atoms with Crippen LogP contribution in [0.2, 0.25) is 0 Å². The Morgan fingerprint density at radius 2 is 1.70 bits per heavy atom. The number of benzene rings is 2. The van der Waals surface area contributed by atoms with E-state index in [1.165, 1.54) is 21.8 Å². The second-order valence-corrected chi connectivity index (χ2v) is 7.57. The van der Waals surface area contributed by atoms with Crippen LogP contribution in [0.5, 0.6) is 0 Å². The average molecular weight is 399 g/mol. The predicted molar refractivity (Wildman–Crippen MR) is 119 cm³/mol. The van der Waals surface area contributed by atoms with Crippen molar-refractivity contribution in [3.8, 4) is 5.69 Å². The van der Waals surface area contributed by atoms with E-state index in [-0.39, 0.29) is 11.5 Å². The molecule has 5 nitrogen and oxygen atoms in total. The van der Waals surface area contributed by atoms with Gasteiger partial charge < -0.3 is 4.57 Å². The fraction of sp³-hybridized carbons (Fsp3) is 0.200. The van der Waals surface area contributed by atoms with Crippen molar-refractivity contribution in [1.82, 2.24) is 9.99 Å². The maximum Gasteiger partial charge on any atom is 0.282 e. The monoisotopic (exact) mass is 399 g/mol. The summed E-state index contributed by atoms with van der Waals surface area (Å²) in [6.45, 7) is 8.33. The molecular weight excluding hydrogens is 374 g/mol. The number of carbonyl (C=O) groups is 2. The molecule has 1 fully saturated rings. The predicted octanol–water partition coefficient (Wildman–Crippen LogP) is 4.43. The first-order chi connectivity index (χ1) is 14.4. The van der Waals surface area contributed by atoms with Crippen LogP contribution in [-0.4, -0.2) is 16.4 Å². The van der Waals surface area contributed by atoms with Crippen molar-refractivity contribution in [2.24, 2.45) is 0 Å². The van der Waals surface area contributed by atoms with Crippen LogP contribution in [-0.2, 0) is 16.0 Å². The topological polar surface area (TPSA) is 54.3 Å². The Morgan fingerprint density at radius 3 is 2.40 bits per heavy atom. The molecule has 1 saturated heterocycles. The summed E-state index contributed by atoms with van der Waals surface area (Å²) in [5, 5.41) is 1.30. The number of rotatable bonds is 4. The molecule has 1 aromatic heterocycles. The van der Waals surface area contributed by atoms with Crippen LogP contribution in [0.15, 0.2) is 60.2 Å². The summed E-state index contributed by atoms with van der Waals surface area (Å²) in [4.78, 5) is 25.5. The normalized spacial score (nSPS) is 15.2. The number of hydrazine groups is 1. The van der Waals surface area contributed by atoms with Crippen LogP contribution in [0.3, 0.4) is 0 Å². The molecule has 0 aliphatic carbocycles. The first kappa shape index (κ1) is 19.7. The molecule has 3 aromatic rings. The Kier molecular flexibility index (Phi) is 5.04. The van der Waals surface area contributed by atoms with Gasteiger partial charge in [0.05, 0.1) is 11.4 Å². The van der Waals surface area contributed by atoms with E-state index in [2.05, 4.69) is 42.0 Å². The van der Waals surface area contributed by atoms with E-state index in [9.17, 15) is 9.59 Å². The van der Waals surface area contributed by atoms with Gasteiger partial charge in [-0.3, -0.25) is 15.0 Å². The summed E-state index contributed by atoms with van der Waals surface area (Å²) in [5.74, 6) is -0.736. The number of anilines is 1. The molecule has 2 aromatic carbocycles. The van der Waals surface area contributed by atoms with Crippen molar-refractivity contribution in [1.29, 1.82) is 0 Å². The van der Waals surface area contributed by atoms with Gasteiger partial charge in [-0.2, -0.15) is 0 Å². The van der Waals surface area contributed by atoms with Crippen LogP contribution < -0.4 is 10.4 Å². The smallest absolute Gasteiger partial charge is 0.282 e. The van der Waals surface area contributed by atoms with Gasteiger partial charge in [-0.05, 0) is 68.2 Å². The first-order valence-corrected chi connectivity index (χ1v) is 10.1. The Bertz CT molecular complexity index is 1170. The third-order valence-corrected chi connectivity index (χ3v) is 5.60. The van der Waals surface area contributed by atoms with E-state index < -0.39 is 5.91 Å². The Labute approximate surface area is 176 Å². The number of nitrogens with one attached hydrogen (secondary N) is 1. The lowest BCUT2D eigenvalue weighted by atomic mass is 10.1. The third-order valence-electron chi connectivity index (χ3n) is 5.60. The molecule has 0 saturated carbocycles. The molecule has 152 valence electrons. The number of hydrogen-bond acceptors (Lipinski definition) is 2. The summed E-state index contributed by atoms with van der Waals surface area (Å²) in [6, 6.07) is 17.5. The molecule has 2 heterocycles.